The Morgan fingerprint density at radius 1 is 0.709 bits per heavy atom. The average molecular weight is 762 g/mol. The number of carboxylic acid groups (broad SMARTS) is 1. The quantitative estimate of drug-likeness (QED) is 0.106. The first-order valence-corrected chi connectivity index (χ1v) is 18.2. The van der Waals surface area contributed by atoms with Gasteiger partial charge in [-0.25, -0.2) is 9.59 Å². The van der Waals surface area contributed by atoms with Crippen LogP contribution in [0.25, 0.3) is 11.3 Å². The summed E-state index contributed by atoms with van der Waals surface area (Å²) in [5, 5.41) is 32.5. The molecule has 2 aromatic carbocycles. The molecule has 0 aliphatic heterocycles. The first-order valence-electron chi connectivity index (χ1n) is 18.2. The molecule has 14 heteroatoms. The highest BCUT2D eigenvalue weighted by atomic mass is 16.5. The number of alkyl carbamates (subject to hydrolysis) is 2. The number of amides is 4. The van der Waals surface area contributed by atoms with E-state index in [0.29, 0.717) is 0 Å². The lowest BCUT2D eigenvalue weighted by molar-refractivity contribution is -0.138. The van der Waals surface area contributed by atoms with E-state index in [2.05, 4.69) is 26.3 Å². The number of aliphatic hydroxyl groups excluding tert-OH is 1. The summed E-state index contributed by atoms with van der Waals surface area (Å²) in [7, 11) is 2.36. The molecule has 0 bridgehead atoms. The largest absolute Gasteiger partial charge is 0.481 e. The highest BCUT2D eigenvalue weighted by Gasteiger charge is 2.39. The van der Waals surface area contributed by atoms with Crippen LogP contribution in [-0.2, 0) is 36.7 Å². The second-order valence-corrected chi connectivity index (χ2v) is 15.3. The van der Waals surface area contributed by atoms with Crippen molar-refractivity contribution >= 4 is 30.0 Å². The maximum Gasteiger partial charge on any atom is 0.407 e. The number of aliphatic carboxylic acids is 1. The van der Waals surface area contributed by atoms with Crippen molar-refractivity contribution in [1.82, 2.24) is 26.3 Å². The van der Waals surface area contributed by atoms with Crippen molar-refractivity contribution in [1.29, 1.82) is 0 Å². The van der Waals surface area contributed by atoms with Gasteiger partial charge in [0.15, 0.2) is 0 Å². The van der Waals surface area contributed by atoms with E-state index in [1.54, 1.807) is 40.8 Å². The van der Waals surface area contributed by atoms with Gasteiger partial charge in [-0.05, 0) is 59.8 Å². The van der Waals surface area contributed by atoms with Gasteiger partial charge >= 0.3 is 18.2 Å². The lowest BCUT2D eigenvalue weighted by atomic mass is 9.79. The second-order valence-electron chi connectivity index (χ2n) is 15.3. The fraction of sp³-hybridized carbons (Fsp3) is 0.463. The number of carbonyl (C=O) groups excluding carboxylic acids is 4. The Labute approximate surface area is 322 Å². The van der Waals surface area contributed by atoms with Crippen LogP contribution in [0, 0.1) is 10.8 Å². The van der Waals surface area contributed by atoms with E-state index in [4.69, 9.17) is 9.47 Å². The van der Waals surface area contributed by atoms with E-state index in [1.165, 1.54) is 7.11 Å². The summed E-state index contributed by atoms with van der Waals surface area (Å²) >= 11 is 0. The zero-order valence-electron chi connectivity index (χ0n) is 32.6. The van der Waals surface area contributed by atoms with Crippen molar-refractivity contribution in [3.8, 4) is 11.3 Å². The van der Waals surface area contributed by atoms with Crippen LogP contribution in [-0.4, -0.2) is 89.7 Å². The monoisotopic (exact) mass is 761 g/mol. The number of rotatable bonds is 18. The van der Waals surface area contributed by atoms with Crippen molar-refractivity contribution in [2.24, 2.45) is 10.8 Å². The summed E-state index contributed by atoms with van der Waals surface area (Å²) in [6.45, 7) is 8.73. The third kappa shape index (κ3) is 14.0. The van der Waals surface area contributed by atoms with Crippen molar-refractivity contribution in [3.63, 3.8) is 0 Å². The minimum atomic E-state index is -1.25. The van der Waals surface area contributed by atoms with E-state index in [9.17, 15) is 34.2 Å². The summed E-state index contributed by atoms with van der Waals surface area (Å²) in [5.41, 5.74) is 1.58. The lowest BCUT2D eigenvalue weighted by Crippen LogP contribution is -2.59. The van der Waals surface area contributed by atoms with Gasteiger partial charge in [-0.2, -0.15) is 0 Å². The molecule has 0 unspecified atom stereocenters. The lowest BCUT2D eigenvalue weighted by Gasteiger charge is -2.36. The molecule has 298 valence electrons. The van der Waals surface area contributed by atoms with E-state index in [-0.39, 0.29) is 32.1 Å². The topological polar surface area (TPSA) is 205 Å². The van der Waals surface area contributed by atoms with Gasteiger partial charge in [-0.15, -0.1) is 0 Å². The third-order valence-corrected chi connectivity index (χ3v) is 9.41. The Morgan fingerprint density at radius 3 is 1.82 bits per heavy atom. The smallest absolute Gasteiger partial charge is 0.407 e. The fourth-order valence-electron chi connectivity index (χ4n) is 6.20. The number of aromatic nitrogens is 1. The number of hydrogen-bond acceptors (Lipinski definition) is 9. The molecule has 0 saturated carbocycles. The number of nitrogens with zero attached hydrogens (tertiary/aromatic N) is 1. The van der Waals surface area contributed by atoms with Crippen LogP contribution in [0.15, 0.2) is 79.0 Å². The molecule has 55 heavy (non-hydrogen) atoms. The maximum atomic E-state index is 14.1. The molecule has 0 saturated heterocycles. The average Bonchev–Trinajstić information content (AvgIpc) is 3.15. The number of aliphatic hydroxyl groups is 1. The first kappa shape index (κ1) is 43.9. The minimum absolute atomic E-state index is 0.0297. The Kier molecular flexibility index (Phi) is 16.2. The van der Waals surface area contributed by atoms with Crippen molar-refractivity contribution in [2.75, 3.05) is 14.2 Å². The van der Waals surface area contributed by atoms with Gasteiger partial charge in [0.1, 0.15) is 12.1 Å². The SMILES string of the molecule is COC(=O)N[C@H](C(=O)N[C@@H](Cc1ccc(-c2ccccn2)cc1)C[C@H](O)[C@H](Cc1ccccc1)NC(=O)[C@@H](NC(=O)OC)C(C)(C)CCC(=O)O)C(C)(C)C. The van der Waals surface area contributed by atoms with Gasteiger partial charge in [-0.1, -0.05) is 95.3 Å². The molecule has 14 nitrogen and oxygen atoms in total. The van der Waals surface area contributed by atoms with Gasteiger partial charge in [0.05, 0.1) is 32.1 Å². The molecule has 3 aromatic rings. The van der Waals surface area contributed by atoms with Crippen LogP contribution >= 0.6 is 0 Å². The fourth-order valence-corrected chi connectivity index (χ4v) is 6.20. The number of carbonyl (C=O) groups is 5. The van der Waals surface area contributed by atoms with E-state index in [1.807, 2.05) is 72.8 Å². The van der Waals surface area contributed by atoms with Crippen molar-refractivity contribution in [2.45, 2.75) is 97.0 Å². The number of benzene rings is 2. The standard InChI is InChI=1S/C41H55N5O9/c1-40(2,3)34(45-38(52)54-6)36(50)43-29(23-27-16-18-28(19-17-27)30-15-11-12-22-42-30)25-32(47)31(24-26-13-9-8-10-14-26)44-37(51)35(46-39(53)55-7)41(4,5)21-20-33(48)49/h8-19,22,29,31-32,34-35,47H,20-21,23-25H2,1-7H3,(H,43,50)(H,44,51)(H,45,52)(H,46,53)(H,48,49)/t29-,31-,32-,34+,35+/m0/s1. The summed E-state index contributed by atoms with van der Waals surface area (Å²) in [6.07, 6.45) is -0.956. The van der Waals surface area contributed by atoms with E-state index >= 15 is 0 Å². The molecule has 0 radical (unpaired) electrons. The van der Waals surface area contributed by atoms with Gasteiger partial charge in [0.25, 0.3) is 0 Å². The van der Waals surface area contributed by atoms with E-state index in [0.717, 1.165) is 29.5 Å². The molecule has 0 fully saturated rings. The third-order valence-electron chi connectivity index (χ3n) is 9.41. The summed E-state index contributed by atoms with van der Waals surface area (Å²) < 4.78 is 9.57. The molecular weight excluding hydrogens is 706 g/mol. The molecule has 0 aliphatic rings. The molecule has 0 spiro atoms. The Balaban J connectivity index is 1.99. The number of ether oxygens (including phenoxy) is 2. The number of nitrogens with one attached hydrogen (secondary N) is 4. The Hall–Kier alpha value is -5.50. The maximum absolute atomic E-state index is 14.1. The Bertz CT molecular complexity index is 1710. The van der Waals surface area contributed by atoms with Crippen molar-refractivity contribution in [3.05, 3.63) is 90.1 Å². The summed E-state index contributed by atoms with van der Waals surface area (Å²) in [4.78, 5) is 68.5. The van der Waals surface area contributed by atoms with Crippen LogP contribution < -0.4 is 21.3 Å². The normalized spacial score (nSPS) is 14.3. The number of carboxylic acids is 1. The van der Waals surface area contributed by atoms with Crippen LogP contribution in [0.4, 0.5) is 9.59 Å². The number of hydrogen-bond donors (Lipinski definition) is 6. The summed E-state index contributed by atoms with van der Waals surface area (Å²) in [6, 6.07) is 18.6. The van der Waals surface area contributed by atoms with Crippen LogP contribution in [0.3, 0.4) is 0 Å². The van der Waals surface area contributed by atoms with E-state index < -0.39 is 71.1 Å². The molecule has 3 rings (SSSR count). The van der Waals surface area contributed by atoms with Gasteiger partial charge in [0, 0.05) is 24.2 Å². The molecule has 1 aromatic heterocycles. The van der Waals surface area contributed by atoms with Gasteiger partial charge in [0.2, 0.25) is 11.8 Å². The highest BCUT2D eigenvalue weighted by Crippen LogP contribution is 2.28. The minimum Gasteiger partial charge on any atom is -0.481 e. The van der Waals surface area contributed by atoms with Crippen LogP contribution in [0.2, 0.25) is 0 Å². The summed E-state index contributed by atoms with van der Waals surface area (Å²) in [5.74, 6) is -2.20. The predicted molar refractivity (Wildman–Crippen MR) is 207 cm³/mol. The molecular formula is C41H55N5O9. The number of pyridine rings is 1. The second kappa shape index (κ2) is 20.3. The number of methoxy groups -OCH3 is 2. The van der Waals surface area contributed by atoms with Gasteiger partial charge < -0.3 is 41.0 Å². The zero-order chi connectivity index (χ0) is 40.8. The molecule has 6 N–H and O–H groups in total. The van der Waals surface area contributed by atoms with Crippen LogP contribution in [0.5, 0.6) is 0 Å². The zero-order valence-corrected chi connectivity index (χ0v) is 32.6. The molecule has 4 amide bonds. The van der Waals surface area contributed by atoms with Crippen LogP contribution in [0.1, 0.15) is 65.0 Å². The first-order chi connectivity index (χ1) is 25.9. The molecule has 0 aliphatic carbocycles. The molecule has 5 atom stereocenters. The molecule has 1 heterocycles. The Morgan fingerprint density at radius 2 is 1.27 bits per heavy atom. The van der Waals surface area contributed by atoms with Crippen molar-refractivity contribution < 1.29 is 43.7 Å². The highest BCUT2D eigenvalue weighted by molar-refractivity contribution is 5.87. The predicted octanol–water partition coefficient (Wildman–Crippen LogP) is 4.64. The van der Waals surface area contributed by atoms with Gasteiger partial charge in [-0.3, -0.25) is 19.4 Å².